The van der Waals surface area contributed by atoms with Gasteiger partial charge in [-0.1, -0.05) is 23.7 Å². The molecule has 0 aliphatic carbocycles. The van der Waals surface area contributed by atoms with Crippen LogP contribution in [-0.4, -0.2) is 38.4 Å². The predicted octanol–water partition coefficient (Wildman–Crippen LogP) is 3.01. The average molecular weight is 474 g/mol. The van der Waals surface area contributed by atoms with Gasteiger partial charge in [-0.25, -0.2) is 8.42 Å². The van der Waals surface area contributed by atoms with Gasteiger partial charge in [-0.15, -0.1) is 0 Å². The summed E-state index contributed by atoms with van der Waals surface area (Å²) in [4.78, 5) is 24.6. The molecule has 2 amide bonds. The lowest BCUT2D eigenvalue weighted by Gasteiger charge is -2.13. The van der Waals surface area contributed by atoms with Gasteiger partial charge in [0, 0.05) is 23.7 Å². The number of amides is 2. The molecule has 0 aliphatic heterocycles. The molecule has 0 saturated carbocycles. The number of carbonyl (C=O) groups is 2. The Morgan fingerprint density at radius 2 is 1.41 bits per heavy atom. The smallest absolute Gasteiger partial charge is 0.261 e. The molecule has 0 spiro atoms. The molecule has 3 aromatic rings. The number of anilines is 1. The van der Waals surface area contributed by atoms with E-state index in [0.29, 0.717) is 10.6 Å². The molecule has 10 heteroatoms. The maximum atomic E-state index is 12.6. The minimum atomic E-state index is -3.92. The summed E-state index contributed by atoms with van der Waals surface area (Å²) in [7, 11) is -3.92. The number of sulfonamides is 1. The summed E-state index contributed by atoms with van der Waals surface area (Å²) in [6.45, 7) is 0.283. The maximum Gasteiger partial charge on any atom is 0.261 e. The Hall–Kier alpha value is -3.56. The van der Waals surface area contributed by atoms with Crippen LogP contribution in [0.3, 0.4) is 0 Å². The molecule has 0 aromatic heterocycles. The summed E-state index contributed by atoms with van der Waals surface area (Å²) < 4.78 is 27.7. The van der Waals surface area contributed by atoms with Crippen LogP contribution in [0.25, 0.3) is 0 Å². The highest BCUT2D eigenvalue weighted by Crippen LogP contribution is 2.21. The first-order valence-corrected chi connectivity index (χ1v) is 11.4. The molecule has 0 atom stereocenters. The number of carbonyl (C=O) groups excluding carboxylic acids is 2. The van der Waals surface area contributed by atoms with Crippen LogP contribution in [0.1, 0.15) is 20.7 Å². The number of halogens is 1. The van der Waals surface area contributed by atoms with E-state index in [-0.39, 0.29) is 40.9 Å². The normalized spacial score (nSPS) is 10.9. The van der Waals surface area contributed by atoms with Crippen molar-refractivity contribution >= 4 is 39.1 Å². The van der Waals surface area contributed by atoms with E-state index in [4.69, 9.17) is 11.6 Å². The van der Waals surface area contributed by atoms with Crippen molar-refractivity contribution in [1.29, 1.82) is 0 Å². The van der Waals surface area contributed by atoms with Crippen LogP contribution < -0.4 is 15.4 Å². The summed E-state index contributed by atoms with van der Waals surface area (Å²) in [5.41, 5.74) is 0.624. The van der Waals surface area contributed by atoms with Gasteiger partial charge in [-0.2, -0.15) is 0 Å². The van der Waals surface area contributed by atoms with Crippen LogP contribution in [0, 0.1) is 0 Å². The first kappa shape index (κ1) is 23.1. The molecule has 32 heavy (non-hydrogen) atoms. The van der Waals surface area contributed by atoms with Gasteiger partial charge in [0.2, 0.25) is 0 Å². The molecule has 0 saturated heterocycles. The quantitative estimate of drug-likeness (QED) is 0.374. The first-order valence-electron chi connectivity index (χ1n) is 9.49. The largest absolute Gasteiger partial charge is 0.508 e. The minimum absolute atomic E-state index is 0.00838. The monoisotopic (exact) mass is 473 g/mol. The lowest BCUT2D eigenvalue weighted by molar-refractivity contribution is 0.0928. The van der Waals surface area contributed by atoms with Crippen LogP contribution in [0.2, 0.25) is 5.02 Å². The Balaban J connectivity index is 1.60. The number of aromatic hydroxyl groups is 1. The van der Waals surface area contributed by atoms with E-state index in [2.05, 4.69) is 15.4 Å². The van der Waals surface area contributed by atoms with Crippen molar-refractivity contribution in [3.8, 4) is 5.75 Å². The van der Waals surface area contributed by atoms with E-state index in [1.165, 1.54) is 60.7 Å². The number of nitrogens with one attached hydrogen (secondary N) is 3. The van der Waals surface area contributed by atoms with E-state index in [1.807, 2.05) is 0 Å². The lowest BCUT2D eigenvalue weighted by Crippen LogP contribution is -2.35. The molecular weight excluding hydrogens is 454 g/mol. The molecule has 0 radical (unpaired) electrons. The molecule has 0 heterocycles. The summed E-state index contributed by atoms with van der Waals surface area (Å²) in [5.74, 6) is -0.798. The summed E-state index contributed by atoms with van der Waals surface area (Å²) >= 11 is 5.81. The number of hydrogen-bond acceptors (Lipinski definition) is 5. The highest BCUT2D eigenvalue weighted by atomic mass is 35.5. The molecule has 166 valence electrons. The fourth-order valence-corrected chi connectivity index (χ4v) is 3.96. The zero-order chi connectivity index (χ0) is 23.1. The predicted molar refractivity (Wildman–Crippen MR) is 121 cm³/mol. The SMILES string of the molecule is O=C(NCCNC(=O)c1ccccc1NS(=O)(=O)c1ccc(Cl)cc1)c1ccc(O)cc1. The van der Waals surface area contributed by atoms with Gasteiger partial charge in [-0.05, 0) is 60.7 Å². The van der Waals surface area contributed by atoms with E-state index in [1.54, 1.807) is 12.1 Å². The maximum absolute atomic E-state index is 12.6. The highest BCUT2D eigenvalue weighted by molar-refractivity contribution is 7.92. The zero-order valence-corrected chi connectivity index (χ0v) is 18.3. The summed E-state index contributed by atoms with van der Waals surface area (Å²) in [6.07, 6.45) is 0. The first-order chi connectivity index (χ1) is 15.3. The lowest BCUT2D eigenvalue weighted by atomic mass is 10.1. The van der Waals surface area contributed by atoms with E-state index in [9.17, 15) is 23.1 Å². The van der Waals surface area contributed by atoms with Gasteiger partial charge in [0.05, 0.1) is 16.1 Å². The van der Waals surface area contributed by atoms with Crippen LogP contribution in [0.15, 0.2) is 77.7 Å². The van der Waals surface area contributed by atoms with Gasteiger partial charge in [0.25, 0.3) is 21.8 Å². The van der Waals surface area contributed by atoms with Crippen LogP contribution >= 0.6 is 11.6 Å². The second-order valence-electron chi connectivity index (χ2n) is 6.66. The van der Waals surface area contributed by atoms with Crippen molar-refractivity contribution < 1.29 is 23.1 Å². The fraction of sp³-hybridized carbons (Fsp3) is 0.0909. The Labute approximate surface area is 190 Å². The van der Waals surface area contributed by atoms with Gasteiger partial charge in [0.15, 0.2) is 0 Å². The van der Waals surface area contributed by atoms with Gasteiger partial charge in [0.1, 0.15) is 5.75 Å². The summed E-state index contributed by atoms with van der Waals surface area (Å²) in [5, 5.41) is 15.0. The van der Waals surface area contributed by atoms with E-state index >= 15 is 0 Å². The number of phenols is 1. The number of hydrogen-bond donors (Lipinski definition) is 4. The third-order valence-corrected chi connectivity index (χ3v) is 6.00. The Kier molecular flexibility index (Phi) is 7.34. The molecule has 0 aliphatic rings. The van der Waals surface area contributed by atoms with Crippen LogP contribution in [0.5, 0.6) is 5.75 Å². The van der Waals surface area contributed by atoms with Gasteiger partial charge < -0.3 is 15.7 Å². The molecule has 3 rings (SSSR count). The van der Waals surface area contributed by atoms with Crippen molar-refractivity contribution in [1.82, 2.24) is 10.6 Å². The van der Waals surface area contributed by atoms with Crippen molar-refractivity contribution in [3.63, 3.8) is 0 Å². The zero-order valence-electron chi connectivity index (χ0n) is 16.7. The third-order valence-electron chi connectivity index (χ3n) is 4.37. The Morgan fingerprint density at radius 1 is 0.812 bits per heavy atom. The number of phenolic OH excluding ortho intramolecular Hbond substituents is 1. The average Bonchev–Trinajstić information content (AvgIpc) is 2.77. The molecule has 4 N–H and O–H groups in total. The molecule has 0 unspecified atom stereocenters. The van der Waals surface area contributed by atoms with Crippen molar-refractivity contribution in [2.24, 2.45) is 0 Å². The Bertz CT molecular complexity index is 1210. The number of rotatable bonds is 8. The second-order valence-corrected chi connectivity index (χ2v) is 8.78. The van der Waals surface area contributed by atoms with Crippen LogP contribution in [-0.2, 0) is 10.0 Å². The topological polar surface area (TPSA) is 125 Å². The van der Waals surface area contributed by atoms with Crippen molar-refractivity contribution in [3.05, 3.63) is 88.9 Å². The Morgan fingerprint density at radius 3 is 2.06 bits per heavy atom. The van der Waals surface area contributed by atoms with Crippen molar-refractivity contribution in [2.45, 2.75) is 4.90 Å². The van der Waals surface area contributed by atoms with E-state index in [0.717, 1.165) is 0 Å². The fourth-order valence-electron chi connectivity index (χ4n) is 2.75. The van der Waals surface area contributed by atoms with Crippen molar-refractivity contribution in [2.75, 3.05) is 17.8 Å². The van der Waals surface area contributed by atoms with E-state index < -0.39 is 15.9 Å². The molecule has 0 fully saturated rings. The minimum Gasteiger partial charge on any atom is -0.508 e. The molecular formula is C22H20ClN3O5S. The second kappa shape index (κ2) is 10.2. The van der Waals surface area contributed by atoms with Gasteiger partial charge >= 0.3 is 0 Å². The third kappa shape index (κ3) is 5.99. The number of benzene rings is 3. The van der Waals surface area contributed by atoms with Crippen LogP contribution in [0.4, 0.5) is 5.69 Å². The highest BCUT2D eigenvalue weighted by Gasteiger charge is 2.18. The molecule has 8 nitrogen and oxygen atoms in total. The molecule has 0 bridgehead atoms. The van der Waals surface area contributed by atoms with Gasteiger partial charge in [-0.3, -0.25) is 14.3 Å². The molecule has 3 aromatic carbocycles. The standard InChI is InChI=1S/C22H20ClN3O5S/c23-16-7-11-18(12-8-16)32(30,31)26-20-4-2-1-3-19(20)22(29)25-14-13-24-21(28)15-5-9-17(27)10-6-15/h1-12,26-27H,13-14H2,(H,24,28)(H,25,29). The number of para-hydroxylation sites is 1. The summed E-state index contributed by atoms with van der Waals surface area (Å²) in [6, 6.07) is 17.6.